The zero-order chi connectivity index (χ0) is 14.3. The van der Waals surface area contributed by atoms with E-state index in [4.69, 9.17) is 4.74 Å². The highest BCUT2D eigenvalue weighted by Gasteiger charge is 2.20. The van der Waals surface area contributed by atoms with E-state index in [0.29, 0.717) is 0 Å². The summed E-state index contributed by atoms with van der Waals surface area (Å²) in [5.41, 5.74) is 2.73. The highest BCUT2D eigenvalue weighted by molar-refractivity contribution is 5.26. The molecule has 3 rings (SSSR count). The standard InChI is InChI=1S/C18H28N2O/c1-4-10-20(11-5-1)12-13-21-15-17-7-3-2-6-16(17)14-19-18-8-9-18/h2-3,6-7,18-19H,1,4-5,8-15H2. The lowest BCUT2D eigenvalue weighted by atomic mass is 10.1. The number of nitrogens with one attached hydrogen (secondary N) is 1. The number of benzene rings is 1. The van der Waals surface area contributed by atoms with Crippen LogP contribution in [-0.2, 0) is 17.9 Å². The van der Waals surface area contributed by atoms with Gasteiger partial charge in [-0.25, -0.2) is 0 Å². The molecule has 1 aromatic rings. The van der Waals surface area contributed by atoms with Crippen molar-refractivity contribution in [2.45, 2.75) is 51.3 Å². The molecular weight excluding hydrogens is 260 g/mol. The molecule has 3 heteroatoms. The zero-order valence-electron chi connectivity index (χ0n) is 13.0. The van der Waals surface area contributed by atoms with Gasteiger partial charge in [-0.15, -0.1) is 0 Å². The second kappa shape index (κ2) is 7.92. The summed E-state index contributed by atoms with van der Waals surface area (Å²) >= 11 is 0. The topological polar surface area (TPSA) is 24.5 Å². The van der Waals surface area contributed by atoms with Crippen LogP contribution in [-0.4, -0.2) is 37.2 Å². The Morgan fingerprint density at radius 1 is 1.05 bits per heavy atom. The average Bonchev–Trinajstić information content (AvgIpc) is 3.36. The van der Waals surface area contributed by atoms with Gasteiger partial charge >= 0.3 is 0 Å². The van der Waals surface area contributed by atoms with Crippen LogP contribution in [0.15, 0.2) is 24.3 Å². The third-order valence-corrected chi connectivity index (χ3v) is 4.54. The summed E-state index contributed by atoms with van der Waals surface area (Å²) in [5, 5.41) is 3.59. The third kappa shape index (κ3) is 5.10. The molecule has 3 nitrogen and oxygen atoms in total. The van der Waals surface area contributed by atoms with Crippen LogP contribution in [0.3, 0.4) is 0 Å². The molecule has 0 bridgehead atoms. The van der Waals surface area contributed by atoms with Gasteiger partial charge in [-0.3, -0.25) is 0 Å². The van der Waals surface area contributed by atoms with Crippen molar-refractivity contribution in [1.82, 2.24) is 10.2 Å². The highest BCUT2D eigenvalue weighted by Crippen LogP contribution is 2.20. The quantitative estimate of drug-likeness (QED) is 0.744. The predicted molar refractivity (Wildman–Crippen MR) is 86.3 cm³/mol. The van der Waals surface area contributed by atoms with E-state index >= 15 is 0 Å². The van der Waals surface area contributed by atoms with E-state index in [-0.39, 0.29) is 0 Å². The molecule has 0 spiro atoms. The molecule has 1 heterocycles. The molecule has 0 radical (unpaired) electrons. The van der Waals surface area contributed by atoms with Gasteiger partial charge in [-0.05, 0) is 49.9 Å². The number of likely N-dealkylation sites (tertiary alicyclic amines) is 1. The fourth-order valence-corrected chi connectivity index (χ4v) is 2.97. The van der Waals surface area contributed by atoms with E-state index in [9.17, 15) is 0 Å². The van der Waals surface area contributed by atoms with Crippen molar-refractivity contribution in [3.63, 3.8) is 0 Å². The van der Waals surface area contributed by atoms with Crippen LogP contribution in [0.25, 0.3) is 0 Å². The number of ether oxygens (including phenoxy) is 1. The highest BCUT2D eigenvalue weighted by atomic mass is 16.5. The van der Waals surface area contributed by atoms with Crippen molar-refractivity contribution in [3.05, 3.63) is 35.4 Å². The lowest BCUT2D eigenvalue weighted by molar-refractivity contribution is 0.0859. The van der Waals surface area contributed by atoms with Crippen molar-refractivity contribution < 1.29 is 4.74 Å². The predicted octanol–water partition coefficient (Wildman–Crippen LogP) is 2.94. The van der Waals surface area contributed by atoms with Gasteiger partial charge in [0.15, 0.2) is 0 Å². The molecular formula is C18H28N2O. The normalized spacial score (nSPS) is 19.8. The molecule has 1 saturated carbocycles. The number of hydrogen-bond acceptors (Lipinski definition) is 3. The van der Waals surface area contributed by atoms with Gasteiger partial charge in [0.1, 0.15) is 0 Å². The largest absolute Gasteiger partial charge is 0.375 e. The van der Waals surface area contributed by atoms with Crippen LogP contribution >= 0.6 is 0 Å². The summed E-state index contributed by atoms with van der Waals surface area (Å²) in [4.78, 5) is 2.53. The fourth-order valence-electron chi connectivity index (χ4n) is 2.97. The molecule has 0 aromatic heterocycles. The average molecular weight is 288 g/mol. The lowest BCUT2D eigenvalue weighted by Gasteiger charge is -2.26. The molecule has 2 fully saturated rings. The molecule has 1 aliphatic heterocycles. The zero-order valence-corrected chi connectivity index (χ0v) is 13.0. The minimum absolute atomic E-state index is 0.746. The molecule has 0 atom stereocenters. The van der Waals surface area contributed by atoms with Crippen LogP contribution in [0.5, 0.6) is 0 Å². The lowest BCUT2D eigenvalue weighted by Crippen LogP contribution is -2.32. The molecule has 116 valence electrons. The van der Waals surface area contributed by atoms with Gasteiger partial charge in [0.25, 0.3) is 0 Å². The van der Waals surface area contributed by atoms with Crippen LogP contribution < -0.4 is 5.32 Å². The van der Waals surface area contributed by atoms with E-state index in [1.165, 1.54) is 56.3 Å². The second-order valence-corrected chi connectivity index (χ2v) is 6.38. The Balaban J connectivity index is 1.39. The van der Waals surface area contributed by atoms with Crippen LogP contribution in [0, 0.1) is 0 Å². The van der Waals surface area contributed by atoms with E-state index in [1.807, 2.05) is 0 Å². The van der Waals surface area contributed by atoms with Gasteiger partial charge in [0.2, 0.25) is 0 Å². The Bertz CT molecular complexity index is 425. The first-order valence-corrected chi connectivity index (χ1v) is 8.52. The smallest absolute Gasteiger partial charge is 0.0720 e. The van der Waals surface area contributed by atoms with Crippen molar-refractivity contribution >= 4 is 0 Å². The van der Waals surface area contributed by atoms with E-state index < -0.39 is 0 Å². The monoisotopic (exact) mass is 288 g/mol. The maximum absolute atomic E-state index is 5.92. The summed E-state index contributed by atoms with van der Waals surface area (Å²) in [7, 11) is 0. The summed E-state index contributed by atoms with van der Waals surface area (Å²) in [6, 6.07) is 9.42. The van der Waals surface area contributed by atoms with Crippen molar-refractivity contribution in [2.75, 3.05) is 26.2 Å². The van der Waals surface area contributed by atoms with Crippen LogP contribution in [0.2, 0.25) is 0 Å². The molecule has 0 amide bonds. The minimum Gasteiger partial charge on any atom is -0.375 e. The number of nitrogens with zero attached hydrogens (tertiary/aromatic N) is 1. The van der Waals surface area contributed by atoms with Gasteiger partial charge < -0.3 is 15.0 Å². The van der Waals surface area contributed by atoms with Crippen LogP contribution in [0.4, 0.5) is 0 Å². The van der Waals surface area contributed by atoms with Gasteiger partial charge in [0, 0.05) is 19.1 Å². The molecule has 1 aromatic carbocycles. The maximum Gasteiger partial charge on any atom is 0.0720 e. The van der Waals surface area contributed by atoms with Crippen molar-refractivity contribution in [3.8, 4) is 0 Å². The third-order valence-electron chi connectivity index (χ3n) is 4.54. The first-order chi connectivity index (χ1) is 10.4. The molecule has 0 unspecified atom stereocenters. The molecule has 2 aliphatic rings. The van der Waals surface area contributed by atoms with Crippen molar-refractivity contribution in [2.24, 2.45) is 0 Å². The van der Waals surface area contributed by atoms with Crippen LogP contribution in [0.1, 0.15) is 43.2 Å². The van der Waals surface area contributed by atoms with Gasteiger partial charge in [0.05, 0.1) is 13.2 Å². The van der Waals surface area contributed by atoms with E-state index in [2.05, 4.69) is 34.5 Å². The Morgan fingerprint density at radius 3 is 2.57 bits per heavy atom. The van der Waals surface area contributed by atoms with Crippen molar-refractivity contribution in [1.29, 1.82) is 0 Å². The Kier molecular flexibility index (Phi) is 5.67. The molecule has 1 saturated heterocycles. The Morgan fingerprint density at radius 2 is 1.81 bits per heavy atom. The Labute approximate surface area is 128 Å². The number of hydrogen-bond donors (Lipinski definition) is 1. The van der Waals surface area contributed by atoms with Gasteiger partial charge in [-0.1, -0.05) is 30.7 Å². The minimum atomic E-state index is 0.746. The second-order valence-electron chi connectivity index (χ2n) is 6.38. The van der Waals surface area contributed by atoms with E-state index in [0.717, 1.165) is 32.3 Å². The summed E-state index contributed by atoms with van der Waals surface area (Å²) in [5.74, 6) is 0. The van der Waals surface area contributed by atoms with E-state index in [1.54, 1.807) is 0 Å². The summed E-state index contributed by atoms with van der Waals surface area (Å²) < 4.78 is 5.92. The molecule has 1 N–H and O–H groups in total. The maximum atomic E-state index is 5.92. The Hall–Kier alpha value is -0.900. The SMILES string of the molecule is c1ccc(COCCN2CCCCC2)c(CNC2CC2)c1. The number of rotatable bonds is 8. The number of piperidine rings is 1. The first-order valence-electron chi connectivity index (χ1n) is 8.52. The summed E-state index contributed by atoms with van der Waals surface area (Å²) in [6.07, 6.45) is 6.80. The fraction of sp³-hybridized carbons (Fsp3) is 0.667. The molecule has 1 aliphatic carbocycles. The van der Waals surface area contributed by atoms with Gasteiger partial charge in [-0.2, -0.15) is 0 Å². The first kappa shape index (κ1) is 15.0. The molecule has 21 heavy (non-hydrogen) atoms. The summed E-state index contributed by atoms with van der Waals surface area (Å²) in [6.45, 7) is 6.18.